The van der Waals surface area contributed by atoms with Crippen molar-refractivity contribution < 1.29 is 4.79 Å². The first kappa shape index (κ1) is 15.3. The first-order valence-corrected chi connectivity index (χ1v) is 7.81. The minimum atomic E-state index is 0.0255. The van der Waals surface area contributed by atoms with Crippen LogP contribution in [-0.2, 0) is 6.42 Å². The van der Waals surface area contributed by atoms with Crippen molar-refractivity contribution >= 4 is 11.7 Å². The van der Waals surface area contributed by atoms with E-state index in [1.54, 1.807) is 24.7 Å². The van der Waals surface area contributed by atoms with Crippen molar-refractivity contribution in [3.05, 3.63) is 42.1 Å². The maximum Gasteiger partial charge on any atom is 0.255 e. The SMILES string of the molecule is CNc1nccnc1C[C@@H]1CCCN(C(=O)c2ccnnc2)C1. The zero-order valence-corrected chi connectivity index (χ0v) is 13.1. The third kappa shape index (κ3) is 3.61. The van der Waals surface area contributed by atoms with E-state index < -0.39 is 0 Å². The summed E-state index contributed by atoms with van der Waals surface area (Å²) in [6, 6.07) is 1.71. The van der Waals surface area contributed by atoms with Gasteiger partial charge >= 0.3 is 0 Å². The van der Waals surface area contributed by atoms with E-state index in [4.69, 9.17) is 0 Å². The number of nitrogens with one attached hydrogen (secondary N) is 1. The number of nitrogens with zero attached hydrogens (tertiary/aromatic N) is 5. The highest BCUT2D eigenvalue weighted by atomic mass is 16.2. The van der Waals surface area contributed by atoms with Crippen LogP contribution >= 0.6 is 0 Å². The van der Waals surface area contributed by atoms with Gasteiger partial charge in [-0.1, -0.05) is 0 Å². The van der Waals surface area contributed by atoms with Crippen molar-refractivity contribution in [1.82, 2.24) is 25.1 Å². The van der Waals surface area contributed by atoms with Crippen LogP contribution in [0.25, 0.3) is 0 Å². The van der Waals surface area contributed by atoms with E-state index in [1.807, 2.05) is 11.9 Å². The van der Waals surface area contributed by atoms with Gasteiger partial charge in [0.2, 0.25) is 0 Å². The molecule has 0 aliphatic carbocycles. The van der Waals surface area contributed by atoms with E-state index in [-0.39, 0.29) is 5.91 Å². The number of piperidine rings is 1. The normalized spacial score (nSPS) is 17.8. The molecule has 120 valence electrons. The maximum absolute atomic E-state index is 12.5. The van der Waals surface area contributed by atoms with E-state index in [9.17, 15) is 4.79 Å². The number of aromatic nitrogens is 4. The summed E-state index contributed by atoms with van der Waals surface area (Å²) in [4.78, 5) is 23.2. The number of hydrogen-bond donors (Lipinski definition) is 1. The van der Waals surface area contributed by atoms with Crippen LogP contribution in [0.15, 0.2) is 30.9 Å². The summed E-state index contributed by atoms with van der Waals surface area (Å²) in [5.41, 5.74) is 1.55. The Bertz CT molecular complexity index is 663. The number of carbonyl (C=O) groups excluding carboxylic acids is 1. The predicted molar refractivity (Wildman–Crippen MR) is 85.9 cm³/mol. The highest BCUT2D eigenvalue weighted by molar-refractivity contribution is 5.93. The Balaban J connectivity index is 1.68. The third-order valence-electron chi connectivity index (χ3n) is 4.13. The van der Waals surface area contributed by atoms with Gasteiger partial charge < -0.3 is 10.2 Å². The molecule has 0 saturated carbocycles. The molecule has 1 atom stereocenters. The van der Waals surface area contributed by atoms with Crippen LogP contribution < -0.4 is 5.32 Å². The minimum absolute atomic E-state index is 0.0255. The van der Waals surface area contributed by atoms with Crippen LogP contribution in [0.5, 0.6) is 0 Å². The Morgan fingerprint density at radius 1 is 1.30 bits per heavy atom. The minimum Gasteiger partial charge on any atom is -0.372 e. The molecule has 1 amide bonds. The first-order chi connectivity index (χ1) is 11.3. The summed E-state index contributed by atoms with van der Waals surface area (Å²) < 4.78 is 0. The monoisotopic (exact) mass is 312 g/mol. The number of hydrogen-bond acceptors (Lipinski definition) is 6. The van der Waals surface area contributed by atoms with Gasteiger partial charge in [0.25, 0.3) is 5.91 Å². The molecule has 1 aliphatic heterocycles. The molecule has 1 fully saturated rings. The zero-order valence-electron chi connectivity index (χ0n) is 13.1. The summed E-state index contributed by atoms with van der Waals surface area (Å²) in [7, 11) is 1.85. The summed E-state index contributed by atoms with van der Waals surface area (Å²) in [6.45, 7) is 1.53. The molecule has 3 heterocycles. The van der Waals surface area contributed by atoms with E-state index in [2.05, 4.69) is 25.5 Å². The van der Waals surface area contributed by atoms with Gasteiger partial charge in [0, 0.05) is 32.5 Å². The van der Waals surface area contributed by atoms with Gasteiger partial charge in [-0.05, 0) is 31.2 Å². The molecule has 0 aromatic carbocycles. The molecule has 23 heavy (non-hydrogen) atoms. The highest BCUT2D eigenvalue weighted by Crippen LogP contribution is 2.23. The smallest absolute Gasteiger partial charge is 0.255 e. The van der Waals surface area contributed by atoms with E-state index in [0.717, 1.165) is 43.9 Å². The number of likely N-dealkylation sites (tertiary alicyclic amines) is 1. The Labute approximate surface area is 135 Å². The van der Waals surface area contributed by atoms with Gasteiger partial charge in [0.15, 0.2) is 0 Å². The summed E-state index contributed by atoms with van der Waals surface area (Å²) in [5, 5.41) is 10.6. The van der Waals surface area contributed by atoms with Crippen molar-refractivity contribution in [2.45, 2.75) is 19.3 Å². The lowest BCUT2D eigenvalue weighted by Crippen LogP contribution is -2.40. The van der Waals surface area contributed by atoms with Crippen molar-refractivity contribution in [3.63, 3.8) is 0 Å². The van der Waals surface area contributed by atoms with Crippen LogP contribution in [0.1, 0.15) is 28.9 Å². The molecule has 0 spiro atoms. The molecule has 7 heteroatoms. The number of amides is 1. The van der Waals surface area contributed by atoms with Gasteiger partial charge in [0.1, 0.15) is 5.82 Å². The van der Waals surface area contributed by atoms with Gasteiger partial charge in [-0.15, -0.1) is 0 Å². The molecule has 1 N–H and O–H groups in total. The molecular weight excluding hydrogens is 292 g/mol. The number of rotatable bonds is 4. The lowest BCUT2D eigenvalue weighted by molar-refractivity contribution is 0.0672. The summed E-state index contributed by atoms with van der Waals surface area (Å²) in [6.07, 6.45) is 9.39. The first-order valence-electron chi connectivity index (χ1n) is 7.81. The van der Waals surface area contributed by atoms with Gasteiger partial charge in [0.05, 0.1) is 23.7 Å². The number of anilines is 1. The average Bonchev–Trinajstić information content (AvgIpc) is 2.62. The number of carbonyl (C=O) groups is 1. The Kier molecular flexibility index (Phi) is 4.75. The molecule has 7 nitrogen and oxygen atoms in total. The molecule has 0 unspecified atom stereocenters. The fourth-order valence-electron chi connectivity index (χ4n) is 3.01. The second kappa shape index (κ2) is 7.13. The van der Waals surface area contributed by atoms with Crippen LogP contribution in [0.2, 0.25) is 0 Å². The van der Waals surface area contributed by atoms with Crippen molar-refractivity contribution in [2.24, 2.45) is 5.92 Å². The van der Waals surface area contributed by atoms with Gasteiger partial charge in [-0.2, -0.15) is 10.2 Å². The van der Waals surface area contributed by atoms with Crippen molar-refractivity contribution in [1.29, 1.82) is 0 Å². The lowest BCUT2D eigenvalue weighted by Gasteiger charge is -2.32. The highest BCUT2D eigenvalue weighted by Gasteiger charge is 2.25. The second-order valence-corrected chi connectivity index (χ2v) is 5.70. The predicted octanol–water partition coefficient (Wildman–Crippen LogP) is 1.40. The van der Waals surface area contributed by atoms with E-state index >= 15 is 0 Å². The Morgan fingerprint density at radius 2 is 2.17 bits per heavy atom. The van der Waals surface area contributed by atoms with Crippen molar-refractivity contribution in [2.75, 3.05) is 25.5 Å². The fourth-order valence-corrected chi connectivity index (χ4v) is 3.01. The third-order valence-corrected chi connectivity index (χ3v) is 4.13. The van der Waals surface area contributed by atoms with Gasteiger partial charge in [-0.25, -0.2) is 4.98 Å². The molecule has 0 bridgehead atoms. The topological polar surface area (TPSA) is 83.9 Å². The molecule has 0 radical (unpaired) electrons. The fraction of sp³-hybridized carbons (Fsp3) is 0.438. The Morgan fingerprint density at radius 3 is 2.96 bits per heavy atom. The summed E-state index contributed by atoms with van der Waals surface area (Å²) >= 11 is 0. The lowest BCUT2D eigenvalue weighted by atomic mass is 9.93. The standard InChI is InChI=1S/C16H20N6O/c1-17-15-14(18-6-7-19-15)9-12-3-2-8-22(11-12)16(23)13-4-5-20-21-10-13/h4-7,10,12H,2-3,8-9,11H2,1H3,(H,17,19)/t12-/m0/s1. The van der Waals surface area contributed by atoms with Crippen LogP contribution in [0.4, 0.5) is 5.82 Å². The van der Waals surface area contributed by atoms with Crippen molar-refractivity contribution in [3.8, 4) is 0 Å². The van der Waals surface area contributed by atoms with Crippen LogP contribution in [-0.4, -0.2) is 51.1 Å². The quantitative estimate of drug-likeness (QED) is 0.919. The largest absolute Gasteiger partial charge is 0.372 e. The average molecular weight is 312 g/mol. The molecule has 2 aromatic rings. The maximum atomic E-state index is 12.5. The van der Waals surface area contributed by atoms with E-state index in [0.29, 0.717) is 11.5 Å². The second-order valence-electron chi connectivity index (χ2n) is 5.70. The molecule has 2 aromatic heterocycles. The molecule has 1 saturated heterocycles. The Hall–Kier alpha value is -2.57. The molecule has 1 aliphatic rings. The zero-order chi connectivity index (χ0) is 16.1. The molecular formula is C16H20N6O. The van der Waals surface area contributed by atoms with Crippen LogP contribution in [0, 0.1) is 5.92 Å². The summed E-state index contributed by atoms with van der Waals surface area (Å²) in [5.74, 6) is 1.23. The van der Waals surface area contributed by atoms with Gasteiger partial charge in [-0.3, -0.25) is 9.78 Å². The van der Waals surface area contributed by atoms with Crippen LogP contribution in [0.3, 0.4) is 0 Å². The van der Waals surface area contributed by atoms with E-state index in [1.165, 1.54) is 6.20 Å². The molecule has 3 rings (SSSR count).